The third kappa shape index (κ3) is 2.93. The maximum absolute atomic E-state index is 6.38. The quantitative estimate of drug-likeness (QED) is 0.806. The number of hydrogen-bond donors (Lipinski definition) is 1. The minimum absolute atomic E-state index is 0.196. The van der Waals surface area contributed by atoms with Gasteiger partial charge < -0.3 is 5.73 Å². The lowest BCUT2D eigenvalue weighted by Crippen LogP contribution is -2.42. The molecule has 0 amide bonds. The summed E-state index contributed by atoms with van der Waals surface area (Å²) >= 11 is 0. The molecule has 4 heteroatoms. The molecule has 18 heavy (non-hydrogen) atoms. The Labute approximate surface area is 110 Å². The van der Waals surface area contributed by atoms with Crippen LogP contribution in [0.25, 0.3) is 0 Å². The molecule has 1 aromatic heterocycles. The Morgan fingerprint density at radius 3 is 2.67 bits per heavy atom. The zero-order valence-corrected chi connectivity index (χ0v) is 11.8. The van der Waals surface area contributed by atoms with Crippen LogP contribution in [-0.2, 0) is 7.05 Å². The molecule has 0 radical (unpaired) electrons. The predicted molar refractivity (Wildman–Crippen MR) is 74.2 cm³/mol. The minimum Gasteiger partial charge on any atom is -0.326 e. The summed E-state index contributed by atoms with van der Waals surface area (Å²) in [5.41, 5.74) is 7.65. The van der Waals surface area contributed by atoms with Crippen molar-refractivity contribution in [2.24, 2.45) is 12.8 Å². The van der Waals surface area contributed by atoms with Crippen molar-refractivity contribution in [3.8, 4) is 0 Å². The van der Waals surface area contributed by atoms with Gasteiger partial charge in [0.15, 0.2) is 0 Å². The largest absolute Gasteiger partial charge is 0.326 e. The fourth-order valence-electron chi connectivity index (χ4n) is 2.71. The predicted octanol–water partition coefficient (Wildman–Crippen LogP) is 2.07. The lowest BCUT2D eigenvalue weighted by Gasteiger charge is -2.34. The molecule has 4 nitrogen and oxygen atoms in total. The normalized spacial score (nSPS) is 19.2. The Balaban J connectivity index is 2.22. The van der Waals surface area contributed by atoms with Crippen molar-refractivity contribution in [1.29, 1.82) is 0 Å². The number of aromatic nitrogens is 2. The smallest absolute Gasteiger partial charge is 0.0538 e. The van der Waals surface area contributed by atoms with Gasteiger partial charge in [-0.1, -0.05) is 13.8 Å². The van der Waals surface area contributed by atoms with Crippen molar-refractivity contribution in [2.45, 2.75) is 57.7 Å². The van der Waals surface area contributed by atoms with Crippen molar-refractivity contribution in [2.75, 3.05) is 6.54 Å². The van der Waals surface area contributed by atoms with Gasteiger partial charge in [0.2, 0.25) is 0 Å². The summed E-state index contributed by atoms with van der Waals surface area (Å²) in [6.45, 7) is 5.55. The SMILES string of the molecule is CCCN(C1CC1)C(c1cnn(C)c1)C(N)CC. The molecule has 0 aliphatic heterocycles. The average Bonchev–Trinajstić information content (AvgIpc) is 3.12. The van der Waals surface area contributed by atoms with E-state index in [9.17, 15) is 0 Å². The second kappa shape index (κ2) is 5.85. The zero-order chi connectivity index (χ0) is 13.1. The van der Waals surface area contributed by atoms with Gasteiger partial charge in [-0.05, 0) is 32.2 Å². The third-order valence-electron chi connectivity index (χ3n) is 3.80. The summed E-state index contributed by atoms with van der Waals surface area (Å²) in [6, 6.07) is 1.27. The topological polar surface area (TPSA) is 47.1 Å². The van der Waals surface area contributed by atoms with E-state index in [1.165, 1.54) is 24.8 Å². The maximum atomic E-state index is 6.38. The molecular formula is C14H26N4. The molecule has 1 fully saturated rings. The molecule has 1 aliphatic carbocycles. The number of nitrogens with two attached hydrogens (primary N) is 1. The van der Waals surface area contributed by atoms with Crippen molar-refractivity contribution in [3.63, 3.8) is 0 Å². The van der Waals surface area contributed by atoms with Crippen molar-refractivity contribution >= 4 is 0 Å². The lowest BCUT2D eigenvalue weighted by atomic mass is 9.98. The first-order valence-electron chi connectivity index (χ1n) is 7.17. The number of rotatable bonds is 7. The van der Waals surface area contributed by atoms with Crippen LogP contribution in [0.4, 0.5) is 0 Å². The first kappa shape index (κ1) is 13.6. The molecule has 0 saturated heterocycles. The summed E-state index contributed by atoms with van der Waals surface area (Å²) in [4.78, 5) is 2.60. The molecule has 1 aromatic rings. The minimum atomic E-state index is 0.196. The Bertz CT molecular complexity index is 370. The van der Waals surface area contributed by atoms with Crippen LogP contribution in [0, 0.1) is 0 Å². The van der Waals surface area contributed by atoms with E-state index in [4.69, 9.17) is 5.73 Å². The van der Waals surface area contributed by atoms with Gasteiger partial charge in [0, 0.05) is 30.9 Å². The van der Waals surface area contributed by atoms with E-state index in [0.717, 1.165) is 19.0 Å². The summed E-state index contributed by atoms with van der Waals surface area (Å²) in [7, 11) is 1.97. The standard InChI is InChI=1S/C14H26N4/c1-4-8-18(12-6-7-12)14(13(15)5-2)11-9-16-17(3)10-11/h9-10,12-14H,4-8,15H2,1-3H3. The Hall–Kier alpha value is -0.870. The highest BCUT2D eigenvalue weighted by atomic mass is 15.3. The van der Waals surface area contributed by atoms with Crippen LogP contribution in [0.5, 0.6) is 0 Å². The second-order valence-corrected chi connectivity index (χ2v) is 5.43. The Morgan fingerprint density at radius 2 is 2.22 bits per heavy atom. The number of hydrogen-bond acceptors (Lipinski definition) is 3. The highest BCUT2D eigenvalue weighted by Gasteiger charge is 2.36. The fraction of sp³-hybridized carbons (Fsp3) is 0.786. The van der Waals surface area contributed by atoms with Gasteiger partial charge in [0.05, 0.1) is 12.2 Å². The van der Waals surface area contributed by atoms with Crippen molar-refractivity contribution in [1.82, 2.24) is 14.7 Å². The lowest BCUT2D eigenvalue weighted by molar-refractivity contribution is 0.159. The molecule has 2 N–H and O–H groups in total. The van der Waals surface area contributed by atoms with Crippen LogP contribution in [0.1, 0.15) is 51.1 Å². The van der Waals surface area contributed by atoms with Gasteiger partial charge in [-0.2, -0.15) is 5.10 Å². The van der Waals surface area contributed by atoms with Crippen LogP contribution in [0.15, 0.2) is 12.4 Å². The van der Waals surface area contributed by atoms with Crippen LogP contribution in [0.3, 0.4) is 0 Å². The van der Waals surface area contributed by atoms with Gasteiger partial charge in [0.25, 0.3) is 0 Å². The number of aryl methyl sites for hydroxylation is 1. The average molecular weight is 250 g/mol. The molecule has 102 valence electrons. The molecular weight excluding hydrogens is 224 g/mol. The summed E-state index contributed by atoms with van der Waals surface area (Å²) in [6.07, 6.45) is 8.94. The van der Waals surface area contributed by atoms with E-state index in [1.807, 2.05) is 17.9 Å². The third-order valence-corrected chi connectivity index (χ3v) is 3.80. The van der Waals surface area contributed by atoms with E-state index in [-0.39, 0.29) is 6.04 Å². The van der Waals surface area contributed by atoms with Gasteiger partial charge in [0.1, 0.15) is 0 Å². The van der Waals surface area contributed by atoms with Crippen molar-refractivity contribution < 1.29 is 0 Å². The first-order valence-corrected chi connectivity index (χ1v) is 7.17. The highest BCUT2D eigenvalue weighted by Crippen LogP contribution is 2.36. The molecule has 2 unspecified atom stereocenters. The Kier molecular flexibility index (Phi) is 4.40. The van der Waals surface area contributed by atoms with Crippen LogP contribution >= 0.6 is 0 Å². The van der Waals surface area contributed by atoms with E-state index in [2.05, 4.69) is 30.0 Å². The number of nitrogens with zero attached hydrogens (tertiary/aromatic N) is 3. The van der Waals surface area contributed by atoms with Gasteiger partial charge in [-0.25, -0.2) is 0 Å². The molecule has 0 bridgehead atoms. The van der Waals surface area contributed by atoms with Crippen LogP contribution < -0.4 is 5.73 Å². The summed E-state index contributed by atoms with van der Waals surface area (Å²) in [5.74, 6) is 0. The van der Waals surface area contributed by atoms with Crippen molar-refractivity contribution in [3.05, 3.63) is 18.0 Å². The van der Waals surface area contributed by atoms with Gasteiger partial charge >= 0.3 is 0 Å². The second-order valence-electron chi connectivity index (χ2n) is 5.43. The van der Waals surface area contributed by atoms with Crippen LogP contribution in [0.2, 0.25) is 0 Å². The van der Waals surface area contributed by atoms with E-state index in [0.29, 0.717) is 6.04 Å². The summed E-state index contributed by atoms with van der Waals surface area (Å²) in [5, 5.41) is 4.31. The zero-order valence-electron chi connectivity index (χ0n) is 11.8. The van der Waals surface area contributed by atoms with Gasteiger partial charge in [-0.15, -0.1) is 0 Å². The first-order chi connectivity index (χ1) is 8.67. The fourth-order valence-corrected chi connectivity index (χ4v) is 2.71. The molecule has 0 aromatic carbocycles. The van der Waals surface area contributed by atoms with E-state index < -0.39 is 0 Å². The molecule has 1 heterocycles. The van der Waals surface area contributed by atoms with E-state index >= 15 is 0 Å². The molecule has 1 saturated carbocycles. The monoisotopic (exact) mass is 250 g/mol. The van der Waals surface area contributed by atoms with Gasteiger partial charge in [-0.3, -0.25) is 9.58 Å². The maximum Gasteiger partial charge on any atom is 0.0538 e. The highest BCUT2D eigenvalue weighted by molar-refractivity contribution is 5.15. The molecule has 2 rings (SSSR count). The molecule has 2 atom stereocenters. The Morgan fingerprint density at radius 1 is 1.50 bits per heavy atom. The van der Waals surface area contributed by atoms with E-state index in [1.54, 1.807) is 0 Å². The molecule has 0 spiro atoms. The molecule has 1 aliphatic rings. The summed E-state index contributed by atoms with van der Waals surface area (Å²) < 4.78 is 1.88. The van der Waals surface area contributed by atoms with Crippen LogP contribution in [-0.4, -0.2) is 33.3 Å².